The van der Waals surface area contributed by atoms with E-state index in [9.17, 15) is 9.59 Å². The molecule has 0 aliphatic heterocycles. The Hall–Kier alpha value is -2.37. The molecule has 118 valence electrons. The lowest BCUT2D eigenvalue weighted by atomic mass is 10.2. The maximum absolute atomic E-state index is 12.4. The van der Waals surface area contributed by atoms with Gasteiger partial charge in [0.05, 0.1) is 17.0 Å². The van der Waals surface area contributed by atoms with Crippen LogP contribution in [0.3, 0.4) is 0 Å². The first-order chi connectivity index (χ1) is 10.4. The first kappa shape index (κ1) is 16.0. The Labute approximate surface area is 129 Å². The van der Waals surface area contributed by atoms with Crippen LogP contribution in [0.2, 0.25) is 0 Å². The first-order valence-corrected chi connectivity index (χ1v) is 7.35. The third kappa shape index (κ3) is 3.27. The van der Waals surface area contributed by atoms with Crippen molar-refractivity contribution in [3.63, 3.8) is 0 Å². The molecular formula is C16H21N3O3. The number of likely N-dealkylation sites (N-methyl/N-ethyl adjacent to an activating group) is 1. The molecule has 2 rings (SSSR count). The first-order valence-electron chi connectivity index (χ1n) is 7.35. The summed E-state index contributed by atoms with van der Waals surface area (Å²) in [5.41, 5.74) is 1.79. The third-order valence-corrected chi connectivity index (χ3v) is 3.74. The lowest BCUT2D eigenvalue weighted by Gasteiger charge is -2.20. The number of fused-ring (bicyclic) bond motifs is 1. The standard InChI is InChI=1S/C16H21N3O3/c1-4-14-17-12-7-5-6-8-13(12)19(14)10-15(20)18(3)9-11(2)16(21)22/h5-8,11H,4,9-10H2,1-3H3,(H,21,22). The van der Waals surface area contributed by atoms with Crippen LogP contribution in [0.1, 0.15) is 19.7 Å². The van der Waals surface area contributed by atoms with E-state index in [0.717, 1.165) is 23.3 Å². The highest BCUT2D eigenvalue weighted by Gasteiger charge is 2.19. The molecule has 1 amide bonds. The van der Waals surface area contributed by atoms with E-state index in [1.54, 1.807) is 14.0 Å². The summed E-state index contributed by atoms with van der Waals surface area (Å²) in [7, 11) is 1.63. The molecule has 1 N–H and O–H groups in total. The van der Waals surface area contributed by atoms with Gasteiger partial charge in [0.25, 0.3) is 0 Å². The predicted octanol–water partition coefficient (Wildman–Crippen LogP) is 1.78. The second kappa shape index (κ2) is 6.60. The van der Waals surface area contributed by atoms with Crippen LogP contribution in [0.5, 0.6) is 0 Å². The van der Waals surface area contributed by atoms with E-state index in [1.807, 2.05) is 35.8 Å². The Kier molecular flexibility index (Phi) is 4.80. The fraction of sp³-hybridized carbons (Fsp3) is 0.438. The minimum atomic E-state index is -0.901. The summed E-state index contributed by atoms with van der Waals surface area (Å²) in [5, 5.41) is 8.94. The fourth-order valence-corrected chi connectivity index (χ4v) is 2.42. The highest BCUT2D eigenvalue weighted by atomic mass is 16.4. The molecule has 1 aromatic carbocycles. The van der Waals surface area contributed by atoms with Gasteiger partial charge in [0.15, 0.2) is 0 Å². The van der Waals surface area contributed by atoms with E-state index >= 15 is 0 Å². The van der Waals surface area contributed by atoms with Crippen LogP contribution >= 0.6 is 0 Å². The number of aryl methyl sites for hydroxylation is 1. The summed E-state index contributed by atoms with van der Waals surface area (Å²) in [5.74, 6) is -0.749. The minimum absolute atomic E-state index is 0.119. The molecule has 0 fully saturated rings. The Morgan fingerprint density at radius 1 is 1.36 bits per heavy atom. The highest BCUT2D eigenvalue weighted by Crippen LogP contribution is 2.16. The fourth-order valence-electron chi connectivity index (χ4n) is 2.42. The van der Waals surface area contributed by atoms with Crippen molar-refractivity contribution in [1.82, 2.24) is 14.5 Å². The number of carboxylic acids is 1. The van der Waals surface area contributed by atoms with Crippen LogP contribution in [-0.2, 0) is 22.6 Å². The molecule has 0 saturated heterocycles. The average molecular weight is 303 g/mol. The van der Waals surface area contributed by atoms with Gasteiger partial charge < -0.3 is 14.6 Å². The number of carbonyl (C=O) groups is 2. The van der Waals surface area contributed by atoms with Crippen molar-refractivity contribution in [2.75, 3.05) is 13.6 Å². The molecule has 1 unspecified atom stereocenters. The number of imidazole rings is 1. The highest BCUT2D eigenvalue weighted by molar-refractivity contribution is 5.81. The Morgan fingerprint density at radius 3 is 2.68 bits per heavy atom. The van der Waals surface area contributed by atoms with Gasteiger partial charge in [-0.2, -0.15) is 0 Å². The number of amides is 1. The number of nitrogens with zero attached hydrogens (tertiary/aromatic N) is 3. The van der Waals surface area contributed by atoms with E-state index in [4.69, 9.17) is 5.11 Å². The van der Waals surface area contributed by atoms with Crippen molar-refractivity contribution < 1.29 is 14.7 Å². The molecule has 6 nitrogen and oxygen atoms in total. The Bertz CT molecular complexity index is 693. The molecule has 1 heterocycles. The molecule has 1 atom stereocenters. The van der Waals surface area contributed by atoms with Crippen LogP contribution in [0, 0.1) is 5.92 Å². The lowest BCUT2D eigenvalue weighted by molar-refractivity contribution is -0.142. The molecule has 0 aliphatic rings. The molecule has 0 saturated carbocycles. The zero-order valence-corrected chi connectivity index (χ0v) is 13.1. The van der Waals surface area contributed by atoms with Gasteiger partial charge in [0.1, 0.15) is 12.4 Å². The van der Waals surface area contributed by atoms with Gasteiger partial charge in [0.2, 0.25) is 5.91 Å². The number of carboxylic acid groups (broad SMARTS) is 1. The quantitative estimate of drug-likeness (QED) is 0.882. The third-order valence-electron chi connectivity index (χ3n) is 3.74. The largest absolute Gasteiger partial charge is 0.481 e. The predicted molar refractivity (Wildman–Crippen MR) is 83.5 cm³/mol. The molecule has 0 bridgehead atoms. The van der Waals surface area contributed by atoms with Crippen LogP contribution in [0.25, 0.3) is 11.0 Å². The summed E-state index contributed by atoms with van der Waals surface area (Å²) in [4.78, 5) is 29.3. The van der Waals surface area contributed by atoms with Crippen molar-refractivity contribution in [3.05, 3.63) is 30.1 Å². The molecule has 22 heavy (non-hydrogen) atoms. The molecule has 1 aromatic heterocycles. The number of aliphatic carboxylic acids is 1. The van der Waals surface area contributed by atoms with Gasteiger partial charge in [-0.1, -0.05) is 26.0 Å². The van der Waals surface area contributed by atoms with Gasteiger partial charge in [0, 0.05) is 20.0 Å². The van der Waals surface area contributed by atoms with E-state index in [-0.39, 0.29) is 19.0 Å². The summed E-state index contributed by atoms with van der Waals surface area (Å²) < 4.78 is 1.90. The number of rotatable bonds is 6. The Morgan fingerprint density at radius 2 is 2.05 bits per heavy atom. The molecule has 6 heteroatoms. The number of para-hydroxylation sites is 2. The number of hydrogen-bond donors (Lipinski definition) is 1. The lowest BCUT2D eigenvalue weighted by Crippen LogP contribution is -2.36. The SMILES string of the molecule is CCc1nc2ccccc2n1CC(=O)N(C)CC(C)C(=O)O. The van der Waals surface area contributed by atoms with E-state index in [1.165, 1.54) is 4.90 Å². The van der Waals surface area contributed by atoms with E-state index in [0.29, 0.717) is 0 Å². The zero-order chi connectivity index (χ0) is 16.3. The monoisotopic (exact) mass is 303 g/mol. The number of aromatic nitrogens is 2. The van der Waals surface area contributed by atoms with Gasteiger partial charge in [-0.25, -0.2) is 4.98 Å². The van der Waals surface area contributed by atoms with Crippen LogP contribution < -0.4 is 0 Å². The zero-order valence-electron chi connectivity index (χ0n) is 13.1. The topological polar surface area (TPSA) is 75.4 Å². The smallest absolute Gasteiger partial charge is 0.308 e. The van der Waals surface area contributed by atoms with Gasteiger partial charge >= 0.3 is 5.97 Å². The van der Waals surface area contributed by atoms with Crippen molar-refractivity contribution in [3.8, 4) is 0 Å². The summed E-state index contributed by atoms with van der Waals surface area (Å²) >= 11 is 0. The maximum Gasteiger partial charge on any atom is 0.308 e. The summed E-state index contributed by atoms with van der Waals surface area (Å²) in [6.45, 7) is 3.96. The van der Waals surface area contributed by atoms with Crippen molar-refractivity contribution in [1.29, 1.82) is 0 Å². The summed E-state index contributed by atoms with van der Waals surface area (Å²) in [6.07, 6.45) is 0.733. The number of carbonyl (C=O) groups excluding carboxylic acids is 1. The molecule has 0 spiro atoms. The molecule has 0 radical (unpaired) electrons. The van der Waals surface area contributed by atoms with E-state index in [2.05, 4.69) is 4.98 Å². The molecule has 2 aromatic rings. The van der Waals surface area contributed by atoms with Crippen LogP contribution in [-0.4, -0.2) is 45.0 Å². The number of hydrogen-bond acceptors (Lipinski definition) is 3. The molecule has 0 aliphatic carbocycles. The van der Waals surface area contributed by atoms with Crippen LogP contribution in [0.15, 0.2) is 24.3 Å². The van der Waals surface area contributed by atoms with Gasteiger partial charge in [-0.05, 0) is 12.1 Å². The van der Waals surface area contributed by atoms with Crippen molar-refractivity contribution in [2.24, 2.45) is 5.92 Å². The Balaban J connectivity index is 2.19. The van der Waals surface area contributed by atoms with Crippen molar-refractivity contribution >= 4 is 22.9 Å². The van der Waals surface area contributed by atoms with Crippen LogP contribution in [0.4, 0.5) is 0 Å². The second-order valence-corrected chi connectivity index (χ2v) is 5.47. The molecular weight excluding hydrogens is 282 g/mol. The second-order valence-electron chi connectivity index (χ2n) is 5.47. The normalized spacial score (nSPS) is 12.3. The number of benzene rings is 1. The summed E-state index contributed by atoms with van der Waals surface area (Å²) in [6, 6.07) is 7.70. The van der Waals surface area contributed by atoms with Crippen molar-refractivity contribution in [2.45, 2.75) is 26.8 Å². The van der Waals surface area contributed by atoms with E-state index < -0.39 is 11.9 Å². The maximum atomic E-state index is 12.4. The average Bonchev–Trinajstić information content (AvgIpc) is 2.85. The van der Waals surface area contributed by atoms with Gasteiger partial charge in [-0.3, -0.25) is 9.59 Å². The van der Waals surface area contributed by atoms with Gasteiger partial charge in [-0.15, -0.1) is 0 Å². The minimum Gasteiger partial charge on any atom is -0.481 e.